The van der Waals surface area contributed by atoms with E-state index in [0.717, 1.165) is 18.8 Å². The van der Waals surface area contributed by atoms with E-state index >= 15 is 0 Å². The number of β-amino-alcohol motifs (C(OH)–C–C–N with tert-alkyl or cyclic N) is 1. The molecule has 0 unspecified atom stereocenters. The molecule has 0 aliphatic carbocycles. The Kier molecular flexibility index (Phi) is 5.08. The molecule has 1 aliphatic rings. The fourth-order valence-corrected chi connectivity index (χ4v) is 2.52. The highest BCUT2D eigenvalue weighted by molar-refractivity contribution is 6.30. The third kappa shape index (κ3) is 5.19. The van der Waals surface area contributed by atoms with Crippen LogP contribution in [0, 0.1) is 0 Å². The van der Waals surface area contributed by atoms with Crippen LogP contribution >= 0.6 is 11.6 Å². The van der Waals surface area contributed by atoms with Crippen molar-refractivity contribution in [2.45, 2.75) is 19.4 Å². The lowest BCUT2D eigenvalue weighted by Gasteiger charge is -2.37. The average Bonchev–Trinajstić information content (AvgIpc) is 2.40. The Balaban J connectivity index is 1.81. The van der Waals surface area contributed by atoms with Crippen molar-refractivity contribution >= 4 is 23.3 Å². The molecule has 1 heterocycles. The average molecular weight is 312 g/mol. The zero-order valence-corrected chi connectivity index (χ0v) is 13.2. The Bertz CT molecular complexity index is 477. The van der Waals surface area contributed by atoms with Crippen molar-refractivity contribution in [1.82, 2.24) is 9.80 Å². The van der Waals surface area contributed by atoms with E-state index < -0.39 is 5.60 Å². The van der Waals surface area contributed by atoms with Gasteiger partial charge in [0.05, 0.1) is 5.60 Å². The second-order valence-corrected chi connectivity index (χ2v) is 6.45. The molecule has 0 aromatic heterocycles. The first-order valence-corrected chi connectivity index (χ1v) is 7.47. The van der Waals surface area contributed by atoms with Crippen molar-refractivity contribution in [1.29, 1.82) is 0 Å². The van der Waals surface area contributed by atoms with Crippen LogP contribution in [0.25, 0.3) is 0 Å². The van der Waals surface area contributed by atoms with Crippen LogP contribution in [0.4, 0.5) is 10.5 Å². The number of urea groups is 1. The molecule has 116 valence electrons. The highest BCUT2D eigenvalue weighted by Gasteiger charge is 2.24. The molecule has 5 nitrogen and oxygen atoms in total. The lowest BCUT2D eigenvalue weighted by atomic mass is 10.1. The largest absolute Gasteiger partial charge is 0.389 e. The number of aliphatic hydroxyl groups is 1. The maximum Gasteiger partial charge on any atom is 0.321 e. The number of halogens is 1. The number of anilines is 1. The Labute approximate surface area is 130 Å². The van der Waals surface area contributed by atoms with Gasteiger partial charge in [-0.1, -0.05) is 11.6 Å². The first-order chi connectivity index (χ1) is 9.83. The van der Waals surface area contributed by atoms with Gasteiger partial charge in [-0.25, -0.2) is 4.79 Å². The minimum absolute atomic E-state index is 0.0970. The van der Waals surface area contributed by atoms with Gasteiger partial charge in [0.2, 0.25) is 0 Å². The van der Waals surface area contributed by atoms with Gasteiger partial charge < -0.3 is 15.3 Å². The van der Waals surface area contributed by atoms with Gasteiger partial charge in [0.15, 0.2) is 0 Å². The SMILES string of the molecule is CC(C)(O)CN1CCN(C(=O)Nc2ccc(Cl)cc2)CC1. The lowest BCUT2D eigenvalue weighted by Crippen LogP contribution is -2.52. The summed E-state index contributed by atoms with van der Waals surface area (Å²) in [5.41, 5.74) is 0.0385. The number of benzene rings is 1. The van der Waals surface area contributed by atoms with Crippen molar-refractivity contribution in [3.63, 3.8) is 0 Å². The van der Waals surface area contributed by atoms with Crippen molar-refractivity contribution in [2.75, 3.05) is 38.0 Å². The molecule has 6 heteroatoms. The first-order valence-electron chi connectivity index (χ1n) is 7.10. The summed E-state index contributed by atoms with van der Waals surface area (Å²) < 4.78 is 0. The Morgan fingerprint density at radius 1 is 1.24 bits per heavy atom. The predicted octanol–water partition coefficient (Wildman–Crippen LogP) is 2.26. The van der Waals surface area contributed by atoms with Crippen LogP contribution in [0.2, 0.25) is 5.02 Å². The summed E-state index contributed by atoms with van der Waals surface area (Å²) >= 11 is 5.82. The molecule has 0 spiro atoms. The summed E-state index contributed by atoms with van der Waals surface area (Å²) in [6, 6.07) is 6.96. The molecule has 1 aromatic carbocycles. The maximum absolute atomic E-state index is 12.2. The molecule has 1 saturated heterocycles. The molecule has 2 amide bonds. The number of hydrogen-bond donors (Lipinski definition) is 2. The standard InChI is InChI=1S/C15H22ClN3O2/c1-15(2,21)11-18-7-9-19(10-8-18)14(20)17-13-5-3-12(16)4-6-13/h3-6,21H,7-11H2,1-2H3,(H,17,20). The summed E-state index contributed by atoms with van der Waals surface area (Å²) in [7, 11) is 0. The molecule has 0 atom stereocenters. The van der Waals surface area contributed by atoms with E-state index in [4.69, 9.17) is 11.6 Å². The summed E-state index contributed by atoms with van der Waals surface area (Å²) in [4.78, 5) is 16.1. The number of carbonyl (C=O) groups excluding carboxylic acids is 1. The lowest BCUT2D eigenvalue weighted by molar-refractivity contribution is 0.0231. The van der Waals surface area contributed by atoms with E-state index in [1.54, 1.807) is 43.0 Å². The van der Waals surface area contributed by atoms with E-state index in [2.05, 4.69) is 10.2 Å². The molecular formula is C15H22ClN3O2. The van der Waals surface area contributed by atoms with Gasteiger partial charge in [0.25, 0.3) is 0 Å². The predicted molar refractivity (Wildman–Crippen MR) is 84.8 cm³/mol. The minimum atomic E-state index is -0.701. The third-order valence-corrected chi connectivity index (χ3v) is 3.62. The number of amides is 2. The zero-order valence-electron chi connectivity index (χ0n) is 12.5. The molecule has 0 saturated carbocycles. The van der Waals surface area contributed by atoms with Crippen molar-refractivity contribution in [3.05, 3.63) is 29.3 Å². The summed E-state index contributed by atoms with van der Waals surface area (Å²) in [5, 5.41) is 13.3. The van der Waals surface area contributed by atoms with E-state index in [9.17, 15) is 9.90 Å². The maximum atomic E-state index is 12.2. The summed E-state index contributed by atoms with van der Waals surface area (Å²) in [6.07, 6.45) is 0. The van der Waals surface area contributed by atoms with Crippen LogP contribution < -0.4 is 5.32 Å². The highest BCUT2D eigenvalue weighted by atomic mass is 35.5. The molecule has 1 aromatic rings. The number of carbonyl (C=O) groups is 1. The summed E-state index contributed by atoms with van der Waals surface area (Å²) in [6.45, 7) is 7.10. The van der Waals surface area contributed by atoms with Crippen LogP contribution in [-0.4, -0.2) is 59.3 Å². The number of nitrogens with zero attached hydrogens (tertiary/aromatic N) is 2. The smallest absolute Gasteiger partial charge is 0.321 e. The molecule has 1 fully saturated rings. The van der Waals surface area contributed by atoms with Crippen molar-refractivity contribution in [3.8, 4) is 0 Å². The molecule has 21 heavy (non-hydrogen) atoms. The first kappa shape index (κ1) is 16.1. The second-order valence-electron chi connectivity index (χ2n) is 6.01. The third-order valence-electron chi connectivity index (χ3n) is 3.37. The fourth-order valence-electron chi connectivity index (χ4n) is 2.39. The molecule has 0 radical (unpaired) electrons. The molecule has 1 aliphatic heterocycles. The molecule has 0 bridgehead atoms. The minimum Gasteiger partial charge on any atom is -0.389 e. The van der Waals surface area contributed by atoms with Gasteiger partial charge >= 0.3 is 6.03 Å². The van der Waals surface area contributed by atoms with E-state index in [1.807, 2.05) is 0 Å². The van der Waals surface area contributed by atoms with Crippen molar-refractivity contribution in [2.24, 2.45) is 0 Å². The number of piperazine rings is 1. The van der Waals surface area contributed by atoms with Gasteiger partial charge in [-0.2, -0.15) is 0 Å². The van der Waals surface area contributed by atoms with Crippen LogP contribution in [0.3, 0.4) is 0 Å². The van der Waals surface area contributed by atoms with Crippen LogP contribution in [0.1, 0.15) is 13.8 Å². The quantitative estimate of drug-likeness (QED) is 0.900. The van der Waals surface area contributed by atoms with Gasteiger partial charge in [-0.15, -0.1) is 0 Å². The van der Waals surface area contributed by atoms with Gasteiger partial charge in [-0.3, -0.25) is 4.90 Å². The zero-order chi connectivity index (χ0) is 15.5. The number of nitrogens with one attached hydrogen (secondary N) is 1. The number of hydrogen-bond acceptors (Lipinski definition) is 3. The monoisotopic (exact) mass is 311 g/mol. The second kappa shape index (κ2) is 6.64. The normalized spacial score (nSPS) is 16.9. The number of rotatable bonds is 3. The Morgan fingerprint density at radius 3 is 2.33 bits per heavy atom. The molecular weight excluding hydrogens is 290 g/mol. The van der Waals surface area contributed by atoms with Gasteiger partial charge in [-0.05, 0) is 38.1 Å². The summed E-state index contributed by atoms with van der Waals surface area (Å²) in [5.74, 6) is 0. The molecule has 2 N–H and O–H groups in total. The van der Waals surface area contributed by atoms with Crippen molar-refractivity contribution < 1.29 is 9.90 Å². The van der Waals surface area contributed by atoms with E-state index in [1.165, 1.54) is 0 Å². The fraction of sp³-hybridized carbons (Fsp3) is 0.533. The van der Waals surface area contributed by atoms with Gasteiger partial charge in [0, 0.05) is 43.4 Å². The van der Waals surface area contributed by atoms with Crippen LogP contribution in [0.15, 0.2) is 24.3 Å². The van der Waals surface area contributed by atoms with E-state index in [-0.39, 0.29) is 6.03 Å². The van der Waals surface area contributed by atoms with Crippen LogP contribution in [0.5, 0.6) is 0 Å². The van der Waals surface area contributed by atoms with Crippen LogP contribution in [-0.2, 0) is 0 Å². The topological polar surface area (TPSA) is 55.8 Å². The Morgan fingerprint density at radius 2 is 1.81 bits per heavy atom. The van der Waals surface area contributed by atoms with E-state index in [0.29, 0.717) is 24.7 Å². The Hall–Kier alpha value is -1.30. The molecule has 2 rings (SSSR count). The van der Waals surface area contributed by atoms with Gasteiger partial charge in [0.1, 0.15) is 0 Å². The highest BCUT2D eigenvalue weighted by Crippen LogP contribution is 2.15.